The number of nitrogens with one attached hydrogen (secondary N) is 1. The van der Waals surface area contributed by atoms with Crippen molar-refractivity contribution in [2.45, 2.75) is 6.54 Å². The van der Waals surface area contributed by atoms with Crippen molar-refractivity contribution >= 4 is 38.9 Å². The maximum Gasteiger partial charge on any atom is 0.173 e. The zero-order valence-corrected chi connectivity index (χ0v) is 16.6. The Morgan fingerprint density at radius 1 is 1.12 bits per heavy atom. The molecule has 0 unspecified atom stereocenters. The number of hydrogen-bond donors (Lipinski definition) is 1. The summed E-state index contributed by atoms with van der Waals surface area (Å²) in [6, 6.07) is 16.3. The second-order valence-electron chi connectivity index (χ2n) is 6.05. The first-order chi connectivity index (χ1) is 12.1. The Morgan fingerprint density at radius 2 is 1.84 bits per heavy atom. The lowest BCUT2D eigenvalue weighted by Gasteiger charge is -2.36. The van der Waals surface area contributed by atoms with E-state index in [0.29, 0.717) is 0 Å². The second-order valence-corrected chi connectivity index (χ2v) is 7.35. The van der Waals surface area contributed by atoms with Gasteiger partial charge in [-0.1, -0.05) is 28.1 Å². The normalized spacial score (nSPS) is 15.0. The third-order valence-corrected chi connectivity index (χ3v) is 5.18. The monoisotopic (exact) mass is 419 g/mol. The largest absolute Gasteiger partial charge is 0.497 e. The van der Waals surface area contributed by atoms with Crippen LogP contribution >= 0.6 is 28.1 Å². The molecule has 2 aromatic carbocycles. The van der Waals surface area contributed by atoms with E-state index in [-0.39, 0.29) is 0 Å². The second kappa shape index (κ2) is 8.65. The summed E-state index contributed by atoms with van der Waals surface area (Å²) in [6.45, 7) is 4.81. The SMILES string of the molecule is COc1cccc(CN2CCN(C(=S)Nc3ccc(Br)cc3)CC2)c1. The molecule has 1 saturated heterocycles. The number of anilines is 1. The average Bonchev–Trinajstić information content (AvgIpc) is 2.64. The molecule has 0 aromatic heterocycles. The van der Waals surface area contributed by atoms with Crippen LogP contribution in [0.3, 0.4) is 0 Å². The van der Waals surface area contributed by atoms with Gasteiger partial charge >= 0.3 is 0 Å². The fourth-order valence-corrected chi connectivity index (χ4v) is 3.44. The molecule has 0 aliphatic carbocycles. The molecule has 0 radical (unpaired) electrons. The van der Waals surface area contributed by atoms with Gasteiger partial charge in [0, 0.05) is 42.9 Å². The highest BCUT2D eigenvalue weighted by atomic mass is 79.9. The molecule has 0 amide bonds. The molecule has 0 saturated carbocycles. The van der Waals surface area contributed by atoms with Gasteiger partial charge in [-0.05, 0) is 54.2 Å². The molecule has 1 N–H and O–H groups in total. The summed E-state index contributed by atoms with van der Waals surface area (Å²) >= 11 is 9.00. The van der Waals surface area contributed by atoms with Crippen LogP contribution in [0, 0.1) is 0 Å². The van der Waals surface area contributed by atoms with Crippen LogP contribution in [0.15, 0.2) is 53.0 Å². The Balaban J connectivity index is 1.49. The minimum absolute atomic E-state index is 0.795. The van der Waals surface area contributed by atoms with Gasteiger partial charge < -0.3 is 15.0 Å². The summed E-state index contributed by atoms with van der Waals surface area (Å²) in [5, 5.41) is 4.11. The standard InChI is InChI=1S/C19H22BrN3OS/c1-24-18-4-2-3-15(13-18)14-22-9-11-23(12-10-22)19(25)21-17-7-5-16(20)6-8-17/h2-8,13H,9-12,14H2,1H3,(H,21,25). The Labute approximate surface area is 162 Å². The molecule has 1 heterocycles. The molecule has 132 valence electrons. The van der Waals surface area contributed by atoms with Crippen molar-refractivity contribution in [3.8, 4) is 5.75 Å². The van der Waals surface area contributed by atoms with Crippen LogP contribution in [-0.2, 0) is 6.54 Å². The lowest BCUT2D eigenvalue weighted by Crippen LogP contribution is -2.49. The number of hydrogen-bond acceptors (Lipinski definition) is 3. The molecule has 0 spiro atoms. The number of benzene rings is 2. The first-order valence-electron chi connectivity index (χ1n) is 8.31. The molecule has 1 aliphatic heterocycles. The van der Waals surface area contributed by atoms with Gasteiger partial charge in [0.25, 0.3) is 0 Å². The summed E-state index contributed by atoms with van der Waals surface area (Å²) in [7, 11) is 1.71. The number of thiocarbonyl (C=S) groups is 1. The van der Waals surface area contributed by atoms with E-state index in [0.717, 1.165) is 53.7 Å². The van der Waals surface area contributed by atoms with Crippen LogP contribution in [0.5, 0.6) is 5.75 Å². The summed E-state index contributed by atoms with van der Waals surface area (Å²) in [5.74, 6) is 0.913. The molecule has 3 rings (SSSR count). The lowest BCUT2D eigenvalue weighted by molar-refractivity contribution is 0.177. The number of nitrogens with zero attached hydrogens (tertiary/aromatic N) is 2. The summed E-state index contributed by atoms with van der Waals surface area (Å²) in [6.07, 6.45) is 0. The molecule has 6 heteroatoms. The fraction of sp³-hybridized carbons (Fsp3) is 0.316. The van der Waals surface area contributed by atoms with E-state index < -0.39 is 0 Å². The minimum atomic E-state index is 0.795. The average molecular weight is 420 g/mol. The van der Waals surface area contributed by atoms with Crippen molar-refractivity contribution < 1.29 is 4.74 Å². The Morgan fingerprint density at radius 3 is 2.52 bits per heavy atom. The number of piperazine rings is 1. The Bertz CT molecular complexity index is 715. The van der Waals surface area contributed by atoms with Crippen LogP contribution in [0.2, 0.25) is 0 Å². The number of ether oxygens (including phenoxy) is 1. The minimum Gasteiger partial charge on any atom is -0.497 e. The third-order valence-electron chi connectivity index (χ3n) is 4.30. The van der Waals surface area contributed by atoms with Crippen molar-refractivity contribution in [2.24, 2.45) is 0 Å². The van der Waals surface area contributed by atoms with E-state index in [1.807, 2.05) is 36.4 Å². The van der Waals surface area contributed by atoms with E-state index in [9.17, 15) is 0 Å². The molecule has 0 bridgehead atoms. The molecule has 1 aliphatic rings. The van der Waals surface area contributed by atoms with E-state index in [2.05, 4.69) is 43.2 Å². The zero-order chi connectivity index (χ0) is 17.6. The Hall–Kier alpha value is -1.63. The summed E-state index contributed by atoms with van der Waals surface area (Å²) < 4.78 is 6.37. The van der Waals surface area contributed by atoms with E-state index >= 15 is 0 Å². The van der Waals surface area contributed by atoms with Crippen LogP contribution in [0.25, 0.3) is 0 Å². The molecular weight excluding hydrogens is 398 g/mol. The Kier molecular flexibility index (Phi) is 6.29. The summed E-state index contributed by atoms with van der Waals surface area (Å²) in [5.41, 5.74) is 2.30. The van der Waals surface area contributed by atoms with Gasteiger partial charge in [-0.3, -0.25) is 4.90 Å². The predicted molar refractivity (Wildman–Crippen MR) is 110 cm³/mol. The fourth-order valence-electron chi connectivity index (χ4n) is 2.87. The van der Waals surface area contributed by atoms with Gasteiger partial charge in [0.05, 0.1) is 7.11 Å². The maximum absolute atomic E-state index is 5.56. The van der Waals surface area contributed by atoms with Crippen LogP contribution in [0.1, 0.15) is 5.56 Å². The molecule has 2 aromatic rings. The summed E-state index contributed by atoms with van der Waals surface area (Å²) in [4.78, 5) is 4.69. The van der Waals surface area contributed by atoms with Gasteiger partial charge in [0.15, 0.2) is 5.11 Å². The zero-order valence-electron chi connectivity index (χ0n) is 14.2. The molecular formula is C19H22BrN3OS. The van der Waals surface area contributed by atoms with Crippen molar-refractivity contribution in [3.05, 3.63) is 58.6 Å². The first kappa shape index (κ1) is 18.2. The van der Waals surface area contributed by atoms with Gasteiger partial charge in [-0.2, -0.15) is 0 Å². The molecule has 25 heavy (non-hydrogen) atoms. The molecule has 4 nitrogen and oxygen atoms in total. The van der Waals surface area contributed by atoms with Crippen LogP contribution < -0.4 is 10.1 Å². The first-order valence-corrected chi connectivity index (χ1v) is 9.51. The van der Waals surface area contributed by atoms with E-state index in [1.165, 1.54) is 5.56 Å². The topological polar surface area (TPSA) is 27.7 Å². The van der Waals surface area contributed by atoms with E-state index in [1.54, 1.807) is 7.11 Å². The van der Waals surface area contributed by atoms with Crippen LogP contribution in [-0.4, -0.2) is 48.2 Å². The predicted octanol–water partition coefficient (Wildman–Crippen LogP) is 3.97. The molecule has 0 atom stereocenters. The van der Waals surface area contributed by atoms with Crippen molar-refractivity contribution in [1.29, 1.82) is 0 Å². The highest BCUT2D eigenvalue weighted by molar-refractivity contribution is 9.10. The lowest BCUT2D eigenvalue weighted by atomic mass is 10.2. The highest BCUT2D eigenvalue weighted by Crippen LogP contribution is 2.17. The van der Waals surface area contributed by atoms with E-state index in [4.69, 9.17) is 17.0 Å². The van der Waals surface area contributed by atoms with Gasteiger partial charge in [-0.25, -0.2) is 0 Å². The quantitative estimate of drug-likeness (QED) is 0.756. The van der Waals surface area contributed by atoms with Gasteiger partial charge in [-0.15, -0.1) is 0 Å². The van der Waals surface area contributed by atoms with Crippen molar-refractivity contribution in [2.75, 3.05) is 38.6 Å². The smallest absolute Gasteiger partial charge is 0.173 e. The van der Waals surface area contributed by atoms with Gasteiger partial charge in [0.2, 0.25) is 0 Å². The van der Waals surface area contributed by atoms with Crippen molar-refractivity contribution in [1.82, 2.24) is 9.80 Å². The third kappa shape index (κ3) is 5.17. The number of methoxy groups -OCH3 is 1. The van der Waals surface area contributed by atoms with Crippen LogP contribution in [0.4, 0.5) is 5.69 Å². The highest BCUT2D eigenvalue weighted by Gasteiger charge is 2.19. The maximum atomic E-state index is 5.56. The number of halogens is 1. The number of rotatable bonds is 4. The van der Waals surface area contributed by atoms with Crippen molar-refractivity contribution in [3.63, 3.8) is 0 Å². The molecule has 1 fully saturated rings. The van der Waals surface area contributed by atoms with Gasteiger partial charge in [0.1, 0.15) is 5.75 Å².